The summed E-state index contributed by atoms with van der Waals surface area (Å²) in [7, 11) is 0. The molecule has 0 fully saturated rings. The molecule has 3 N–H and O–H groups in total. The molecule has 104 valence electrons. The van der Waals surface area contributed by atoms with Gasteiger partial charge in [-0.15, -0.1) is 0 Å². The van der Waals surface area contributed by atoms with E-state index in [9.17, 15) is 4.79 Å². The first-order valence-electron chi connectivity index (χ1n) is 6.50. The van der Waals surface area contributed by atoms with E-state index in [1.54, 1.807) is 6.20 Å². The van der Waals surface area contributed by atoms with Crippen LogP contribution in [0.2, 0.25) is 0 Å². The zero-order chi connectivity index (χ0) is 13.9. The lowest BCUT2D eigenvalue weighted by molar-refractivity contribution is -0.118. The van der Waals surface area contributed by atoms with Gasteiger partial charge in [0.2, 0.25) is 0 Å². The number of nitrogens with zero attached hydrogens (tertiary/aromatic N) is 1. The van der Waals surface area contributed by atoms with E-state index in [4.69, 9.17) is 4.74 Å². The van der Waals surface area contributed by atoms with Gasteiger partial charge in [0, 0.05) is 24.5 Å². The molecule has 2 heterocycles. The molecule has 6 heteroatoms. The standard InChI is InChI=1S/C14H16N4O2/c1-9(15-7-11-4-5-16-18-11)10-2-3-13-12(6-10)17-14(19)8-20-13/h2-6,9,15H,7-8H2,1H3,(H,16,18)(H,17,19). The molecule has 0 bridgehead atoms. The SMILES string of the molecule is CC(NCc1ccn[nH]1)c1ccc2c(c1)NC(=O)CO2. The van der Waals surface area contributed by atoms with Crippen LogP contribution in [0.1, 0.15) is 24.2 Å². The predicted molar refractivity (Wildman–Crippen MR) is 74.4 cm³/mol. The van der Waals surface area contributed by atoms with E-state index in [0.29, 0.717) is 12.3 Å². The maximum absolute atomic E-state index is 11.3. The summed E-state index contributed by atoms with van der Waals surface area (Å²) in [5, 5.41) is 13.0. The lowest BCUT2D eigenvalue weighted by Gasteiger charge is -2.20. The molecule has 6 nitrogen and oxygen atoms in total. The second-order valence-electron chi connectivity index (χ2n) is 4.78. The number of amides is 1. The number of nitrogens with one attached hydrogen (secondary N) is 3. The van der Waals surface area contributed by atoms with Crippen molar-refractivity contribution in [1.29, 1.82) is 0 Å². The van der Waals surface area contributed by atoms with E-state index in [-0.39, 0.29) is 18.6 Å². The highest BCUT2D eigenvalue weighted by Crippen LogP contribution is 2.30. The van der Waals surface area contributed by atoms with E-state index in [1.165, 1.54) is 0 Å². The Morgan fingerprint density at radius 3 is 3.15 bits per heavy atom. The Bertz CT molecular complexity index is 610. The Morgan fingerprint density at radius 2 is 2.35 bits per heavy atom. The van der Waals surface area contributed by atoms with Gasteiger partial charge >= 0.3 is 0 Å². The first kappa shape index (κ1) is 12.7. The number of aromatic nitrogens is 2. The zero-order valence-corrected chi connectivity index (χ0v) is 11.1. The van der Waals surface area contributed by atoms with Gasteiger partial charge < -0.3 is 15.4 Å². The Labute approximate surface area is 116 Å². The Hall–Kier alpha value is -2.34. The van der Waals surface area contributed by atoms with Crippen molar-refractivity contribution >= 4 is 11.6 Å². The second kappa shape index (κ2) is 5.34. The molecule has 3 rings (SSSR count). The van der Waals surface area contributed by atoms with Crippen LogP contribution in [0.4, 0.5) is 5.69 Å². The van der Waals surface area contributed by atoms with Gasteiger partial charge in [-0.2, -0.15) is 5.10 Å². The molecule has 1 aliphatic rings. The van der Waals surface area contributed by atoms with Gasteiger partial charge in [0.1, 0.15) is 5.75 Å². The smallest absolute Gasteiger partial charge is 0.262 e. The number of carbonyl (C=O) groups is 1. The summed E-state index contributed by atoms with van der Waals surface area (Å²) in [6.45, 7) is 2.87. The fraction of sp³-hybridized carbons (Fsp3) is 0.286. The van der Waals surface area contributed by atoms with Crippen molar-refractivity contribution in [3.05, 3.63) is 41.7 Å². The molecule has 1 amide bonds. The second-order valence-corrected chi connectivity index (χ2v) is 4.78. The Kier molecular flexibility index (Phi) is 3.39. The van der Waals surface area contributed by atoms with Crippen molar-refractivity contribution in [3.63, 3.8) is 0 Å². The van der Waals surface area contributed by atoms with Gasteiger partial charge in [-0.05, 0) is 30.7 Å². The number of carbonyl (C=O) groups excluding carboxylic acids is 1. The number of hydrogen-bond donors (Lipinski definition) is 3. The maximum atomic E-state index is 11.3. The van der Waals surface area contributed by atoms with Crippen LogP contribution >= 0.6 is 0 Å². The van der Waals surface area contributed by atoms with Crippen molar-refractivity contribution in [2.24, 2.45) is 0 Å². The zero-order valence-electron chi connectivity index (χ0n) is 11.1. The summed E-state index contributed by atoms with van der Waals surface area (Å²) in [5.41, 5.74) is 2.86. The monoisotopic (exact) mass is 272 g/mol. The van der Waals surface area contributed by atoms with Crippen LogP contribution in [0.15, 0.2) is 30.5 Å². The molecule has 1 aromatic carbocycles. The number of rotatable bonds is 4. The van der Waals surface area contributed by atoms with E-state index in [0.717, 1.165) is 16.9 Å². The summed E-state index contributed by atoms with van der Waals surface area (Å²) >= 11 is 0. The van der Waals surface area contributed by atoms with Gasteiger partial charge in [0.15, 0.2) is 6.61 Å². The molecule has 1 aliphatic heterocycles. The average Bonchev–Trinajstić information content (AvgIpc) is 2.97. The maximum Gasteiger partial charge on any atom is 0.262 e. The lowest BCUT2D eigenvalue weighted by atomic mass is 10.1. The quantitative estimate of drug-likeness (QED) is 0.789. The molecule has 1 aromatic heterocycles. The van der Waals surface area contributed by atoms with Crippen LogP contribution < -0.4 is 15.4 Å². The number of hydrogen-bond acceptors (Lipinski definition) is 4. The van der Waals surface area contributed by atoms with Crippen molar-refractivity contribution in [1.82, 2.24) is 15.5 Å². The molecule has 20 heavy (non-hydrogen) atoms. The Morgan fingerprint density at radius 1 is 1.45 bits per heavy atom. The molecule has 0 spiro atoms. The van der Waals surface area contributed by atoms with E-state index < -0.39 is 0 Å². The lowest BCUT2D eigenvalue weighted by Crippen LogP contribution is -2.26. The highest BCUT2D eigenvalue weighted by Gasteiger charge is 2.17. The van der Waals surface area contributed by atoms with E-state index in [2.05, 4.69) is 27.8 Å². The van der Waals surface area contributed by atoms with Crippen LogP contribution in [0, 0.1) is 0 Å². The molecule has 0 aliphatic carbocycles. The third-order valence-electron chi connectivity index (χ3n) is 3.29. The molecule has 0 saturated carbocycles. The number of ether oxygens (including phenoxy) is 1. The van der Waals surface area contributed by atoms with Crippen molar-refractivity contribution in [2.75, 3.05) is 11.9 Å². The third-order valence-corrected chi connectivity index (χ3v) is 3.29. The van der Waals surface area contributed by atoms with Crippen LogP contribution in [-0.2, 0) is 11.3 Å². The van der Waals surface area contributed by atoms with E-state index in [1.807, 2.05) is 24.3 Å². The fourth-order valence-corrected chi connectivity index (χ4v) is 2.13. The van der Waals surface area contributed by atoms with E-state index >= 15 is 0 Å². The minimum absolute atomic E-state index is 0.0833. The first-order valence-corrected chi connectivity index (χ1v) is 6.50. The van der Waals surface area contributed by atoms with Gasteiger partial charge in [0.25, 0.3) is 5.91 Å². The summed E-state index contributed by atoms with van der Waals surface area (Å²) < 4.78 is 5.34. The minimum atomic E-state index is -0.118. The molecule has 1 atom stereocenters. The van der Waals surface area contributed by atoms with Gasteiger partial charge in [-0.1, -0.05) is 6.07 Å². The van der Waals surface area contributed by atoms with Crippen LogP contribution in [0.25, 0.3) is 0 Å². The van der Waals surface area contributed by atoms with Crippen molar-refractivity contribution in [3.8, 4) is 5.75 Å². The summed E-state index contributed by atoms with van der Waals surface area (Å²) in [6, 6.07) is 7.92. The fourth-order valence-electron chi connectivity index (χ4n) is 2.13. The van der Waals surface area contributed by atoms with Crippen LogP contribution in [-0.4, -0.2) is 22.7 Å². The summed E-state index contributed by atoms with van der Waals surface area (Å²) in [6.07, 6.45) is 1.73. The highest BCUT2D eigenvalue weighted by atomic mass is 16.5. The molecular formula is C14H16N4O2. The normalized spacial score (nSPS) is 15.2. The van der Waals surface area contributed by atoms with Gasteiger partial charge in [-0.3, -0.25) is 9.89 Å². The topological polar surface area (TPSA) is 79.0 Å². The number of benzene rings is 1. The molecule has 0 radical (unpaired) electrons. The number of H-pyrrole nitrogens is 1. The predicted octanol–water partition coefficient (Wildman–Crippen LogP) is 1.59. The Balaban J connectivity index is 1.70. The largest absolute Gasteiger partial charge is 0.482 e. The van der Waals surface area contributed by atoms with Gasteiger partial charge in [-0.25, -0.2) is 0 Å². The molecule has 1 unspecified atom stereocenters. The van der Waals surface area contributed by atoms with Crippen molar-refractivity contribution < 1.29 is 9.53 Å². The summed E-state index contributed by atoms with van der Waals surface area (Å²) in [4.78, 5) is 11.3. The molecule has 0 saturated heterocycles. The average molecular weight is 272 g/mol. The summed E-state index contributed by atoms with van der Waals surface area (Å²) in [5.74, 6) is 0.599. The van der Waals surface area contributed by atoms with Gasteiger partial charge in [0.05, 0.1) is 5.69 Å². The number of anilines is 1. The third kappa shape index (κ3) is 2.65. The molecular weight excluding hydrogens is 256 g/mol. The molecule has 2 aromatic rings. The minimum Gasteiger partial charge on any atom is -0.482 e. The van der Waals surface area contributed by atoms with Crippen molar-refractivity contribution in [2.45, 2.75) is 19.5 Å². The highest BCUT2D eigenvalue weighted by molar-refractivity contribution is 5.95. The first-order chi connectivity index (χ1) is 9.72. The van der Waals surface area contributed by atoms with Crippen LogP contribution in [0.3, 0.4) is 0 Å². The van der Waals surface area contributed by atoms with Crippen LogP contribution in [0.5, 0.6) is 5.75 Å². The number of aromatic amines is 1. The number of fused-ring (bicyclic) bond motifs is 1.